The van der Waals surface area contributed by atoms with Crippen molar-refractivity contribution in [3.8, 4) is 0 Å². The van der Waals surface area contributed by atoms with Crippen LogP contribution in [-0.4, -0.2) is 11.1 Å². The number of carboxylic acid groups (broad SMARTS) is 1. The zero-order valence-corrected chi connectivity index (χ0v) is 8.19. The molecule has 0 aliphatic carbocycles. The van der Waals surface area contributed by atoms with E-state index in [9.17, 15) is 4.79 Å². The molecule has 1 N–H and O–H groups in total. The van der Waals surface area contributed by atoms with Gasteiger partial charge in [0.1, 0.15) is 4.88 Å². The minimum absolute atomic E-state index is 0.443. The molecule has 0 saturated heterocycles. The molecule has 0 fully saturated rings. The summed E-state index contributed by atoms with van der Waals surface area (Å²) < 4.78 is 0.857. The van der Waals surface area contributed by atoms with Crippen LogP contribution in [0.15, 0.2) is 5.38 Å². The number of hydrogen-bond donors (Lipinski definition) is 1. The molecule has 0 amide bonds. The van der Waals surface area contributed by atoms with Crippen molar-refractivity contribution in [3.63, 3.8) is 0 Å². The number of hydrogen-bond acceptors (Lipinski definition) is 2. The number of carboxylic acids is 1. The molecule has 0 aliphatic rings. The first-order valence-electron chi connectivity index (χ1n) is 2.60. The van der Waals surface area contributed by atoms with E-state index >= 15 is 0 Å². The van der Waals surface area contributed by atoms with E-state index in [1.165, 1.54) is 11.3 Å². The lowest BCUT2D eigenvalue weighted by atomic mass is 10.3. The molecule has 0 saturated carbocycles. The van der Waals surface area contributed by atoms with Gasteiger partial charge in [0.05, 0.1) is 0 Å². The molecule has 1 rings (SSSR count). The van der Waals surface area contributed by atoms with Gasteiger partial charge in [-0.1, -0.05) is 0 Å². The van der Waals surface area contributed by atoms with E-state index in [0.29, 0.717) is 4.88 Å². The predicted molar refractivity (Wildman–Crippen MR) is 48.7 cm³/mol. The maximum atomic E-state index is 10.4. The Bertz CT molecular complexity index is 267. The van der Waals surface area contributed by atoms with Crippen molar-refractivity contribution in [2.24, 2.45) is 0 Å². The van der Waals surface area contributed by atoms with Gasteiger partial charge in [0, 0.05) is 3.57 Å². The van der Waals surface area contributed by atoms with Gasteiger partial charge in [-0.2, -0.15) is 0 Å². The molecule has 4 heteroatoms. The van der Waals surface area contributed by atoms with Crippen molar-refractivity contribution < 1.29 is 9.90 Å². The van der Waals surface area contributed by atoms with Crippen molar-refractivity contribution in [1.29, 1.82) is 0 Å². The van der Waals surface area contributed by atoms with Crippen LogP contribution in [0.5, 0.6) is 0 Å². The van der Waals surface area contributed by atoms with E-state index < -0.39 is 5.97 Å². The van der Waals surface area contributed by atoms with Crippen LogP contribution in [0.1, 0.15) is 15.2 Å². The van der Waals surface area contributed by atoms with Crippen LogP contribution < -0.4 is 0 Å². The van der Waals surface area contributed by atoms with Gasteiger partial charge in [-0.3, -0.25) is 0 Å². The van der Waals surface area contributed by atoms with Crippen LogP contribution in [0.3, 0.4) is 0 Å². The maximum Gasteiger partial charge on any atom is 0.346 e. The van der Waals surface area contributed by atoms with E-state index in [4.69, 9.17) is 5.11 Å². The molecule has 0 aliphatic heterocycles. The minimum atomic E-state index is -0.831. The average molecular weight is 268 g/mol. The SMILES string of the molecule is Cc1csc(C(=O)O)c1I. The Morgan fingerprint density at radius 1 is 1.80 bits per heavy atom. The van der Waals surface area contributed by atoms with Crippen molar-refractivity contribution >= 4 is 39.9 Å². The third-order valence-electron chi connectivity index (χ3n) is 1.09. The number of carbonyl (C=O) groups is 1. The van der Waals surface area contributed by atoms with Crippen molar-refractivity contribution in [3.05, 3.63) is 19.4 Å². The maximum absolute atomic E-state index is 10.4. The van der Waals surface area contributed by atoms with Crippen LogP contribution in [-0.2, 0) is 0 Å². The Labute approximate surface area is 76.0 Å². The standard InChI is InChI=1S/C6H5IO2S/c1-3-2-10-5(4(3)7)6(8)9/h2H,1H3,(H,8,9). The summed E-state index contributed by atoms with van der Waals surface area (Å²) in [6.07, 6.45) is 0. The summed E-state index contributed by atoms with van der Waals surface area (Å²) >= 11 is 3.32. The zero-order chi connectivity index (χ0) is 7.72. The molecule has 0 atom stereocenters. The molecular weight excluding hydrogens is 263 g/mol. The van der Waals surface area contributed by atoms with Gasteiger partial charge in [0.25, 0.3) is 0 Å². The van der Waals surface area contributed by atoms with Gasteiger partial charge < -0.3 is 5.11 Å². The summed E-state index contributed by atoms with van der Waals surface area (Å²) in [7, 11) is 0. The number of aryl methyl sites for hydroxylation is 1. The van der Waals surface area contributed by atoms with Crippen LogP contribution >= 0.6 is 33.9 Å². The highest BCUT2D eigenvalue weighted by atomic mass is 127. The number of rotatable bonds is 1. The lowest BCUT2D eigenvalue weighted by molar-refractivity contribution is 0.0701. The number of aromatic carboxylic acids is 1. The van der Waals surface area contributed by atoms with Gasteiger partial charge in [-0.15, -0.1) is 11.3 Å². The molecule has 1 aromatic heterocycles. The van der Waals surface area contributed by atoms with Gasteiger partial charge in [-0.25, -0.2) is 4.79 Å². The fraction of sp³-hybridized carbons (Fsp3) is 0.167. The first-order chi connectivity index (χ1) is 4.63. The molecule has 0 aromatic carbocycles. The fourth-order valence-electron chi connectivity index (χ4n) is 0.574. The number of thiophene rings is 1. The second kappa shape index (κ2) is 2.87. The summed E-state index contributed by atoms with van der Waals surface area (Å²) in [5.41, 5.74) is 1.04. The molecule has 0 radical (unpaired) electrons. The Morgan fingerprint density at radius 2 is 2.40 bits per heavy atom. The van der Waals surface area contributed by atoms with Gasteiger partial charge in [0.2, 0.25) is 0 Å². The molecule has 0 unspecified atom stereocenters. The second-order valence-corrected chi connectivity index (χ2v) is 3.83. The largest absolute Gasteiger partial charge is 0.477 e. The fourth-order valence-corrected chi connectivity index (χ4v) is 2.33. The lowest BCUT2D eigenvalue weighted by Crippen LogP contribution is -1.94. The van der Waals surface area contributed by atoms with Crippen LogP contribution in [0.4, 0.5) is 0 Å². The summed E-state index contributed by atoms with van der Waals surface area (Å²) in [6, 6.07) is 0. The second-order valence-electron chi connectivity index (χ2n) is 1.87. The highest BCUT2D eigenvalue weighted by Gasteiger charge is 2.11. The molecule has 54 valence electrons. The summed E-state index contributed by atoms with van der Waals surface area (Å²) in [5, 5.41) is 10.4. The Balaban J connectivity index is 3.17. The van der Waals surface area contributed by atoms with E-state index in [0.717, 1.165) is 9.13 Å². The highest BCUT2D eigenvalue weighted by Crippen LogP contribution is 2.23. The average Bonchev–Trinajstić information content (AvgIpc) is 2.14. The first kappa shape index (κ1) is 8.00. The monoisotopic (exact) mass is 268 g/mol. The molecule has 0 bridgehead atoms. The summed E-state index contributed by atoms with van der Waals surface area (Å²) in [5.74, 6) is -0.831. The van der Waals surface area contributed by atoms with Gasteiger partial charge in [-0.05, 0) is 40.5 Å². The molecule has 10 heavy (non-hydrogen) atoms. The zero-order valence-electron chi connectivity index (χ0n) is 5.22. The van der Waals surface area contributed by atoms with E-state index in [2.05, 4.69) is 0 Å². The highest BCUT2D eigenvalue weighted by molar-refractivity contribution is 14.1. The smallest absolute Gasteiger partial charge is 0.346 e. The minimum Gasteiger partial charge on any atom is -0.477 e. The number of halogens is 1. The molecule has 1 heterocycles. The summed E-state index contributed by atoms with van der Waals surface area (Å²) in [6.45, 7) is 1.91. The Kier molecular flexibility index (Phi) is 2.30. The van der Waals surface area contributed by atoms with Gasteiger partial charge in [0.15, 0.2) is 0 Å². The van der Waals surface area contributed by atoms with E-state index in [1.807, 2.05) is 34.9 Å². The van der Waals surface area contributed by atoms with Gasteiger partial charge >= 0.3 is 5.97 Å². The molecule has 2 nitrogen and oxygen atoms in total. The van der Waals surface area contributed by atoms with E-state index in [-0.39, 0.29) is 0 Å². The van der Waals surface area contributed by atoms with Crippen molar-refractivity contribution in [2.75, 3.05) is 0 Å². The van der Waals surface area contributed by atoms with Crippen LogP contribution in [0.25, 0.3) is 0 Å². The molecule has 0 spiro atoms. The third kappa shape index (κ3) is 1.32. The lowest BCUT2D eigenvalue weighted by Gasteiger charge is -1.88. The molecule has 1 aromatic rings. The normalized spacial score (nSPS) is 9.80. The van der Waals surface area contributed by atoms with Crippen LogP contribution in [0, 0.1) is 10.5 Å². The topological polar surface area (TPSA) is 37.3 Å². The van der Waals surface area contributed by atoms with E-state index in [1.54, 1.807) is 0 Å². The Morgan fingerprint density at radius 3 is 2.60 bits per heavy atom. The Hall–Kier alpha value is -0.100. The van der Waals surface area contributed by atoms with Crippen LogP contribution in [0.2, 0.25) is 0 Å². The predicted octanol–water partition coefficient (Wildman–Crippen LogP) is 2.36. The first-order valence-corrected chi connectivity index (χ1v) is 4.55. The summed E-state index contributed by atoms with van der Waals surface area (Å²) in [4.78, 5) is 10.9. The molecular formula is C6H5IO2S. The third-order valence-corrected chi connectivity index (χ3v) is 3.94. The van der Waals surface area contributed by atoms with Crippen molar-refractivity contribution in [2.45, 2.75) is 6.92 Å². The quantitative estimate of drug-likeness (QED) is 0.794. The van der Waals surface area contributed by atoms with Crippen molar-refractivity contribution in [1.82, 2.24) is 0 Å².